The topological polar surface area (TPSA) is 55.9 Å². The number of alkyl halides is 3. The van der Waals surface area contributed by atoms with Gasteiger partial charge in [0.1, 0.15) is 5.82 Å². The molecule has 1 saturated carbocycles. The van der Waals surface area contributed by atoms with E-state index in [4.69, 9.17) is 5.84 Å². The van der Waals surface area contributed by atoms with Crippen LogP contribution < -0.4 is 11.3 Å². The third kappa shape index (κ3) is 3.29. The van der Waals surface area contributed by atoms with Gasteiger partial charge in [-0.3, -0.25) is 5.84 Å². The van der Waals surface area contributed by atoms with Crippen LogP contribution in [0.25, 0.3) is 11.4 Å². The van der Waals surface area contributed by atoms with Gasteiger partial charge in [-0.1, -0.05) is 24.3 Å². The SMILES string of the molecule is CC(C)n1cc(C(F)(F)F)nc1-c1ccc(C2(NN)CC2)cc1.Cl. The van der Waals surface area contributed by atoms with Crippen molar-refractivity contribution in [3.63, 3.8) is 0 Å². The lowest BCUT2D eigenvalue weighted by molar-refractivity contribution is -0.140. The normalized spacial score (nSPS) is 16.1. The molecular formula is C16H20ClF3N4. The van der Waals surface area contributed by atoms with Crippen molar-refractivity contribution < 1.29 is 13.2 Å². The van der Waals surface area contributed by atoms with E-state index in [-0.39, 0.29) is 24.0 Å². The first kappa shape index (κ1) is 18.8. The van der Waals surface area contributed by atoms with Gasteiger partial charge >= 0.3 is 6.18 Å². The van der Waals surface area contributed by atoms with E-state index in [2.05, 4.69) is 10.4 Å². The van der Waals surface area contributed by atoms with Crippen LogP contribution in [-0.4, -0.2) is 9.55 Å². The van der Waals surface area contributed by atoms with Gasteiger partial charge in [0.05, 0.1) is 5.54 Å². The molecule has 4 nitrogen and oxygen atoms in total. The molecule has 8 heteroatoms. The Morgan fingerprint density at radius 1 is 1.21 bits per heavy atom. The monoisotopic (exact) mass is 360 g/mol. The van der Waals surface area contributed by atoms with Gasteiger partial charge in [0, 0.05) is 17.8 Å². The minimum atomic E-state index is -4.45. The van der Waals surface area contributed by atoms with Gasteiger partial charge < -0.3 is 4.57 Å². The zero-order valence-corrected chi connectivity index (χ0v) is 14.2. The second-order valence-corrected chi connectivity index (χ2v) is 6.25. The molecule has 0 unspecified atom stereocenters. The van der Waals surface area contributed by atoms with Crippen molar-refractivity contribution in [2.45, 2.75) is 44.4 Å². The molecule has 0 bridgehead atoms. The number of benzene rings is 1. The molecule has 0 atom stereocenters. The zero-order valence-electron chi connectivity index (χ0n) is 13.4. The standard InChI is InChI=1S/C16H19F3N4.ClH/c1-10(2)23-9-13(16(17,18)19)21-14(23)11-3-5-12(6-4-11)15(22-20)7-8-15;/h3-6,9-10,22H,7-8,20H2,1-2H3;1H. The maximum atomic E-state index is 12.9. The highest BCUT2D eigenvalue weighted by molar-refractivity contribution is 5.85. The van der Waals surface area contributed by atoms with Gasteiger partial charge in [-0.2, -0.15) is 13.2 Å². The molecule has 1 aliphatic rings. The van der Waals surface area contributed by atoms with Crippen LogP contribution in [0.4, 0.5) is 13.2 Å². The largest absolute Gasteiger partial charge is 0.434 e. The number of rotatable bonds is 4. The lowest BCUT2D eigenvalue weighted by Gasteiger charge is -2.15. The number of hydrogen-bond donors (Lipinski definition) is 2. The van der Waals surface area contributed by atoms with E-state index < -0.39 is 11.9 Å². The summed E-state index contributed by atoms with van der Waals surface area (Å²) < 4.78 is 40.4. The van der Waals surface area contributed by atoms with E-state index >= 15 is 0 Å². The molecule has 1 aromatic heterocycles. The summed E-state index contributed by atoms with van der Waals surface area (Å²) in [7, 11) is 0. The Labute approximate surface area is 144 Å². The van der Waals surface area contributed by atoms with E-state index in [0.717, 1.165) is 24.6 Å². The molecule has 3 rings (SSSR count). The second-order valence-electron chi connectivity index (χ2n) is 6.25. The fraction of sp³-hybridized carbons (Fsp3) is 0.438. The van der Waals surface area contributed by atoms with Crippen molar-refractivity contribution in [1.82, 2.24) is 15.0 Å². The van der Waals surface area contributed by atoms with Crippen LogP contribution in [0, 0.1) is 0 Å². The molecule has 0 spiro atoms. The highest BCUT2D eigenvalue weighted by atomic mass is 35.5. The predicted octanol–water partition coefficient (Wildman–Crippen LogP) is 4.02. The summed E-state index contributed by atoms with van der Waals surface area (Å²) in [5.74, 6) is 5.90. The van der Waals surface area contributed by atoms with Gasteiger partial charge in [-0.15, -0.1) is 12.4 Å². The number of imidazole rings is 1. The minimum Gasteiger partial charge on any atom is -0.328 e. The number of nitrogens with zero attached hydrogens (tertiary/aromatic N) is 2. The summed E-state index contributed by atoms with van der Waals surface area (Å²) in [6.45, 7) is 3.66. The molecule has 1 aliphatic carbocycles. The summed E-state index contributed by atoms with van der Waals surface area (Å²) in [6.07, 6.45) is -1.46. The average molecular weight is 361 g/mol. The van der Waals surface area contributed by atoms with Crippen molar-refractivity contribution in [2.24, 2.45) is 5.84 Å². The van der Waals surface area contributed by atoms with Crippen LogP contribution in [0.15, 0.2) is 30.5 Å². The molecule has 1 aromatic carbocycles. The van der Waals surface area contributed by atoms with E-state index in [1.54, 1.807) is 16.7 Å². The summed E-state index contributed by atoms with van der Waals surface area (Å²) in [4.78, 5) is 3.80. The summed E-state index contributed by atoms with van der Waals surface area (Å²) >= 11 is 0. The van der Waals surface area contributed by atoms with E-state index in [0.29, 0.717) is 11.4 Å². The molecule has 1 heterocycles. The maximum absolute atomic E-state index is 12.9. The van der Waals surface area contributed by atoms with Gasteiger partial charge in [0.15, 0.2) is 5.69 Å². The van der Waals surface area contributed by atoms with Crippen molar-refractivity contribution in [3.8, 4) is 11.4 Å². The van der Waals surface area contributed by atoms with Crippen molar-refractivity contribution >= 4 is 12.4 Å². The molecule has 0 amide bonds. The first-order chi connectivity index (χ1) is 10.8. The molecule has 3 N–H and O–H groups in total. The predicted molar refractivity (Wildman–Crippen MR) is 88.5 cm³/mol. The Bertz CT molecular complexity index is 703. The molecule has 24 heavy (non-hydrogen) atoms. The fourth-order valence-corrected chi connectivity index (χ4v) is 2.72. The van der Waals surface area contributed by atoms with Crippen LogP contribution in [0.1, 0.15) is 44.0 Å². The van der Waals surface area contributed by atoms with Crippen LogP contribution in [0.5, 0.6) is 0 Å². The van der Waals surface area contributed by atoms with E-state index in [1.165, 1.54) is 0 Å². The third-order valence-electron chi connectivity index (χ3n) is 4.30. The first-order valence-electron chi connectivity index (χ1n) is 7.51. The molecule has 0 saturated heterocycles. The summed E-state index contributed by atoms with van der Waals surface area (Å²) in [6, 6.07) is 7.28. The van der Waals surface area contributed by atoms with Crippen LogP contribution in [-0.2, 0) is 11.7 Å². The number of nitrogens with two attached hydrogens (primary N) is 1. The summed E-state index contributed by atoms with van der Waals surface area (Å²) in [5.41, 5.74) is 3.47. The van der Waals surface area contributed by atoms with Crippen molar-refractivity contribution in [2.75, 3.05) is 0 Å². The van der Waals surface area contributed by atoms with Crippen molar-refractivity contribution in [3.05, 3.63) is 41.7 Å². The van der Waals surface area contributed by atoms with Gasteiger partial charge in [0.2, 0.25) is 0 Å². The maximum Gasteiger partial charge on any atom is 0.434 e. The minimum absolute atomic E-state index is 0. The van der Waals surface area contributed by atoms with Gasteiger partial charge in [0.25, 0.3) is 0 Å². The lowest BCUT2D eigenvalue weighted by Crippen LogP contribution is -2.34. The second kappa shape index (κ2) is 6.38. The number of halogens is 4. The third-order valence-corrected chi connectivity index (χ3v) is 4.30. The molecule has 0 radical (unpaired) electrons. The molecule has 0 aliphatic heterocycles. The number of aromatic nitrogens is 2. The van der Waals surface area contributed by atoms with Crippen LogP contribution in [0.2, 0.25) is 0 Å². The molecular weight excluding hydrogens is 341 g/mol. The first-order valence-corrected chi connectivity index (χ1v) is 7.51. The lowest BCUT2D eigenvalue weighted by atomic mass is 10.0. The van der Waals surface area contributed by atoms with Crippen molar-refractivity contribution in [1.29, 1.82) is 0 Å². The number of hydrazine groups is 1. The average Bonchev–Trinajstić information content (AvgIpc) is 3.16. The van der Waals surface area contributed by atoms with Gasteiger partial charge in [-0.05, 0) is 32.3 Å². The Kier molecular flexibility index (Phi) is 4.99. The molecule has 1 fully saturated rings. The van der Waals surface area contributed by atoms with Crippen LogP contribution in [0.3, 0.4) is 0 Å². The Balaban J connectivity index is 0.00000208. The van der Waals surface area contributed by atoms with Crippen LogP contribution >= 0.6 is 12.4 Å². The number of hydrogen-bond acceptors (Lipinski definition) is 3. The Morgan fingerprint density at radius 2 is 1.79 bits per heavy atom. The van der Waals surface area contributed by atoms with E-state index in [1.807, 2.05) is 26.0 Å². The smallest absolute Gasteiger partial charge is 0.328 e. The Hall–Kier alpha value is -1.57. The zero-order chi connectivity index (χ0) is 16.8. The van der Waals surface area contributed by atoms with E-state index in [9.17, 15) is 13.2 Å². The molecule has 2 aromatic rings. The highest BCUT2D eigenvalue weighted by Gasteiger charge is 2.43. The van der Waals surface area contributed by atoms with Gasteiger partial charge in [-0.25, -0.2) is 10.4 Å². The Morgan fingerprint density at radius 3 is 2.21 bits per heavy atom. The highest BCUT2D eigenvalue weighted by Crippen LogP contribution is 2.45. The quantitative estimate of drug-likeness (QED) is 0.639. The fourth-order valence-electron chi connectivity index (χ4n) is 2.72. The number of nitrogens with one attached hydrogen (secondary N) is 1. The molecule has 132 valence electrons. The summed E-state index contributed by atoms with van der Waals surface area (Å²) in [5, 5.41) is 0.